The average molecular weight is 166 g/mol. The van der Waals surface area contributed by atoms with E-state index in [-0.39, 0.29) is 5.91 Å². The van der Waals surface area contributed by atoms with E-state index in [1.54, 1.807) is 24.3 Å². The van der Waals surface area contributed by atoms with Crippen LogP contribution in [0.25, 0.3) is 0 Å². The number of nitrogens with zero attached hydrogens (tertiary/aromatic N) is 1. The Balaban J connectivity index is 2.66. The van der Waals surface area contributed by atoms with E-state index >= 15 is 0 Å². The molecule has 0 saturated heterocycles. The molecule has 0 aromatic heterocycles. The van der Waals surface area contributed by atoms with Crippen LogP contribution in [0.2, 0.25) is 0 Å². The van der Waals surface area contributed by atoms with Crippen LogP contribution in [0.4, 0.5) is 0 Å². The maximum atomic E-state index is 11.1. The molecule has 2 N–H and O–H groups in total. The zero-order valence-electron chi connectivity index (χ0n) is 6.69. The lowest BCUT2D eigenvalue weighted by molar-refractivity contribution is -0.100. The van der Waals surface area contributed by atoms with Crippen LogP contribution in [0.1, 0.15) is 10.4 Å². The average Bonchev–Trinajstić information content (AvgIpc) is 2.05. The molecule has 0 atom stereocenters. The van der Waals surface area contributed by atoms with Gasteiger partial charge in [-0.25, -0.2) is 0 Å². The highest BCUT2D eigenvalue weighted by atomic mass is 16.5. The summed E-state index contributed by atoms with van der Waals surface area (Å²) in [6, 6.07) is 8.66. The number of carbonyl (C=O) groups is 1. The third kappa shape index (κ3) is 2.34. The number of rotatable bonds is 2. The molecular formula is C8H10N2O2. The van der Waals surface area contributed by atoms with E-state index < -0.39 is 0 Å². The topological polar surface area (TPSA) is 52.6 Å². The molecular weight excluding hydrogens is 156 g/mol. The standard InChI is InChI=1S/C8H10N2O2/c1-10(12)9-8(11)7-5-3-2-4-6-7/h2-6,12H,1H3,(H,9,11). The summed E-state index contributed by atoms with van der Waals surface area (Å²) >= 11 is 0. The number of hydrogen-bond donors (Lipinski definition) is 2. The lowest BCUT2D eigenvalue weighted by Gasteiger charge is -2.09. The lowest BCUT2D eigenvalue weighted by atomic mass is 10.2. The summed E-state index contributed by atoms with van der Waals surface area (Å²) in [7, 11) is 1.33. The number of amides is 1. The molecule has 0 fully saturated rings. The molecule has 0 aliphatic rings. The van der Waals surface area contributed by atoms with E-state index in [0.717, 1.165) is 0 Å². The largest absolute Gasteiger partial charge is 0.295 e. The second kappa shape index (κ2) is 3.85. The molecule has 0 aliphatic carbocycles. The second-order valence-electron chi connectivity index (χ2n) is 2.33. The fourth-order valence-corrected chi connectivity index (χ4v) is 0.801. The number of carbonyl (C=O) groups excluding carboxylic acids is 1. The van der Waals surface area contributed by atoms with E-state index in [1.165, 1.54) is 7.05 Å². The van der Waals surface area contributed by atoms with Crippen LogP contribution in [0.15, 0.2) is 30.3 Å². The fourth-order valence-electron chi connectivity index (χ4n) is 0.801. The van der Waals surface area contributed by atoms with Crippen molar-refractivity contribution in [2.24, 2.45) is 0 Å². The molecule has 1 rings (SSSR count). The van der Waals surface area contributed by atoms with Gasteiger partial charge in [-0.15, -0.1) is 5.17 Å². The van der Waals surface area contributed by atoms with E-state index in [1.807, 2.05) is 6.07 Å². The van der Waals surface area contributed by atoms with Gasteiger partial charge in [-0.1, -0.05) is 18.2 Å². The Morgan fingerprint density at radius 3 is 2.50 bits per heavy atom. The zero-order valence-corrected chi connectivity index (χ0v) is 6.69. The van der Waals surface area contributed by atoms with Gasteiger partial charge < -0.3 is 0 Å². The molecule has 1 amide bonds. The van der Waals surface area contributed by atoms with Gasteiger partial charge in [0.15, 0.2) is 0 Å². The van der Waals surface area contributed by atoms with Crippen molar-refractivity contribution in [2.75, 3.05) is 7.05 Å². The van der Waals surface area contributed by atoms with Gasteiger partial charge in [0.05, 0.1) is 0 Å². The molecule has 64 valence electrons. The van der Waals surface area contributed by atoms with E-state index in [2.05, 4.69) is 5.43 Å². The molecule has 1 aromatic carbocycles. The number of benzene rings is 1. The van der Waals surface area contributed by atoms with Crippen molar-refractivity contribution in [2.45, 2.75) is 0 Å². The van der Waals surface area contributed by atoms with E-state index in [4.69, 9.17) is 5.21 Å². The molecule has 0 heterocycles. The van der Waals surface area contributed by atoms with Crippen LogP contribution >= 0.6 is 0 Å². The van der Waals surface area contributed by atoms with Crippen molar-refractivity contribution < 1.29 is 10.0 Å². The smallest absolute Gasteiger partial charge is 0.267 e. The van der Waals surface area contributed by atoms with E-state index in [0.29, 0.717) is 10.7 Å². The lowest BCUT2D eigenvalue weighted by Crippen LogP contribution is -2.36. The monoisotopic (exact) mass is 166 g/mol. The Morgan fingerprint density at radius 1 is 1.42 bits per heavy atom. The Morgan fingerprint density at radius 2 is 2.00 bits per heavy atom. The van der Waals surface area contributed by atoms with Crippen LogP contribution in [0, 0.1) is 0 Å². The van der Waals surface area contributed by atoms with Crippen LogP contribution in [-0.2, 0) is 0 Å². The highest BCUT2D eigenvalue weighted by Crippen LogP contribution is 1.97. The van der Waals surface area contributed by atoms with Crippen molar-refractivity contribution in [3.8, 4) is 0 Å². The maximum Gasteiger partial charge on any atom is 0.267 e. The van der Waals surface area contributed by atoms with Gasteiger partial charge in [-0.05, 0) is 12.1 Å². The predicted molar refractivity (Wildman–Crippen MR) is 43.5 cm³/mol. The summed E-state index contributed by atoms with van der Waals surface area (Å²) < 4.78 is 0. The summed E-state index contributed by atoms with van der Waals surface area (Å²) in [5, 5.41) is 9.31. The van der Waals surface area contributed by atoms with Gasteiger partial charge in [0, 0.05) is 12.6 Å². The fraction of sp³-hybridized carbons (Fsp3) is 0.125. The summed E-state index contributed by atoms with van der Waals surface area (Å²) in [5.41, 5.74) is 2.72. The minimum absolute atomic E-state index is 0.333. The number of hydroxylamine groups is 1. The molecule has 0 unspecified atom stereocenters. The van der Waals surface area contributed by atoms with Crippen molar-refractivity contribution in [3.05, 3.63) is 35.9 Å². The minimum Gasteiger partial charge on any atom is -0.295 e. The third-order valence-electron chi connectivity index (χ3n) is 1.30. The summed E-state index contributed by atoms with van der Waals surface area (Å²) in [5.74, 6) is -0.333. The SMILES string of the molecule is CN(O)NC(=O)c1ccccc1. The Hall–Kier alpha value is -1.39. The maximum absolute atomic E-state index is 11.1. The Kier molecular flexibility index (Phi) is 2.79. The van der Waals surface area contributed by atoms with Gasteiger partial charge in [-0.3, -0.25) is 15.4 Å². The second-order valence-corrected chi connectivity index (χ2v) is 2.33. The predicted octanol–water partition coefficient (Wildman–Crippen LogP) is 0.652. The first-order valence-electron chi connectivity index (χ1n) is 3.49. The molecule has 0 radical (unpaired) electrons. The first-order chi connectivity index (χ1) is 5.70. The van der Waals surface area contributed by atoms with Gasteiger partial charge in [0.25, 0.3) is 5.91 Å². The third-order valence-corrected chi connectivity index (χ3v) is 1.30. The molecule has 0 saturated carbocycles. The molecule has 0 aliphatic heterocycles. The molecule has 0 spiro atoms. The quantitative estimate of drug-likeness (QED) is 0.634. The van der Waals surface area contributed by atoms with Gasteiger partial charge in [0.2, 0.25) is 0 Å². The molecule has 4 heteroatoms. The van der Waals surface area contributed by atoms with Gasteiger partial charge in [-0.2, -0.15) is 0 Å². The highest BCUT2D eigenvalue weighted by Gasteiger charge is 2.03. The molecule has 0 bridgehead atoms. The van der Waals surface area contributed by atoms with Crippen molar-refractivity contribution >= 4 is 5.91 Å². The zero-order chi connectivity index (χ0) is 8.97. The molecule has 1 aromatic rings. The summed E-state index contributed by atoms with van der Waals surface area (Å²) in [6.45, 7) is 0. The van der Waals surface area contributed by atoms with Crippen LogP contribution < -0.4 is 5.43 Å². The Labute approximate surface area is 70.4 Å². The highest BCUT2D eigenvalue weighted by molar-refractivity contribution is 5.93. The van der Waals surface area contributed by atoms with Gasteiger partial charge >= 0.3 is 0 Å². The molecule has 12 heavy (non-hydrogen) atoms. The molecule has 4 nitrogen and oxygen atoms in total. The number of nitrogens with one attached hydrogen (secondary N) is 1. The first-order valence-corrected chi connectivity index (χ1v) is 3.49. The normalized spacial score (nSPS) is 9.92. The number of hydrogen-bond acceptors (Lipinski definition) is 3. The summed E-state index contributed by atoms with van der Waals surface area (Å²) in [4.78, 5) is 11.1. The first kappa shape index (κ1) is 8.70. The van der Waals surface area contributed by atoms with Crippen molar-refractivity contribution in [3.63, 3.8) is 0 Å². The van der Waals surface area contributed by atoms with Gasteiger partial charge in [0.1, 0.15) is 0 Å². The van der Waals surface area contributed by atoms with E-state index in [9.17, 15) is 4.79 Å². The minimum atomic E-state index is -0.333. The van der Waals surface area contributed by atoms with Crippen LogP contribution in [0.3, 0.4) is 0 Å². The Bertz CT molecular complexity index is 259. The summed E-state index contributed by atoms with van der Waals surface area (Å²) in [6.07, 6.45) is 0. The van der Waals surface area contributed by atoms with Crippen molar-refractivity contribution in [1.29, 1.82) is 0 Å². The van der Waals surface area contributed by atoms with Crippen molar-refractivity contribution in [1.82, 2.24) is 10.6 Å². The van der Waals surface area contributed by atoms with Crippen LogP contribution in [-0.4, -0.2) is 23.3 Å². The van der Waals surface area contributed by atoms with Crippen LogP contribution in [0.5, 0.6) is 0 Å². The number of hydrazine groups is 1.